The van der Waals surface area contributed by atoms with Gasteiger partial charge in [0.25, 0.3) is 0 Å². The molecule has 1 atom stereocenters. The second-order valence-corrected chi connectivity index (χ2v) is 5.72. The molecule has 0 radical (unpaired) electrons. The van der Waals surface area contributed by atoms with Crippen molar-refractivity contribution in [3.8, 4) is 0 Å². The molecule has 0 aliphatic carbocycles. The Morgan fingerprint density at radius 2 is 2.22 bits per heavy atom. The van der Waals surface area contributed by atoms with E-state index in [-0.39, 0.29) is 0 Å². The van der Waals surface area contributed by atoms with Crippen LogP contribution in [0.3, 0.4) is 0 Å². The lowest BCUT2D eigenvalue weighted by atomic mass is 10.1. The summed E-state index contributed by atoms with van der Waals surface area (Å²) in [5.74, 6) is 1.50. The van der Waals surface area contributed by atoms with Gasteiger partial charge in [-0.3, -0.25) is 0 Å². The number of aromatic nitrogens is 2. The van der Waals surface area contributed by atoms with Crippen molar-refractivity contribution in [2.75, 3.05) is 29.6 Å². The topological polar surface area (TPSA) is 76.1 Å². The number of nitrogens with two attached hydrogens (primary N) is 1. The van der Waals surface area contributed by atoms with Gasteiger partial charge in [0.2, 0.25) is 0 Å². The standard InChI is InChI=1S/C12H24N4OS/c1-5-6-16-11(10(13)9(2)15-16)14-7-12(3,17)8-18-4/h14,17H,5-8,13H2,1-4H3. The second-order valence-electron chi connectivity index (χ2n) is 4.85. The maximum Gasteiger partial charge on any atom is 0.148 e. The Labute approximate surface area is 113 Å². The van der Waals surface area contributed by atoms with E-state index in [2.05, 4.69) is 17.3 Å². The Bertz CT molecular complexity index is 390. The predicted molar refractivity (Wildman–Crippen MR) is 79.2 cm³/mol. The molecule has 0 fully saturated rings. The normalized spacial score (nSPS) is 14.5. The van der Waals surface area contributed by atoms with E-state index in [9.17, 15) is 5.11 Å². The summed E-state index contributed by atoms with van der Waals surface area (Å²) in [7, 11) is 0. The van der Waals surface area contributed by atoms with Crippen molar-refractivity contribution in [2.45, 2.75) is 39.3 Å². The zero-order valence-corrected chi connectivity index (χ0v) is 12.5. The average Bonchev–Trinajstić information content (AvgIpc) is 2.53. The van der Waals surface area contributed by atoms with E-state index >= 15 is 0 Å². The highest BCUT2D eigenvalue weighted by Crippen LogP contribution is 2.23. The van der Waals surface area contributed by atoms with E-state index in [1.807, 2.05) is 24.8 Å². The lowest BCUT2D eigenvalue weighted by Gasteiger charge is -2.23. The van der Waals surface area contributed by atoms with Crippen LogP contribution in [0.25, 0.3) is 0 Å². The average molecular weight is 272 g/mol. The van der Waals surface area contributed by atoms with Crippen molar-refractivity contribution in [1.82, 2.24) is 9.78 Å². The smallest absolute Gasteiger partial charge is 0.148 e. The van der Waals surface area contributed by atoms with Gasteiger partial charge in [-0.1, -0.05) is 6.92 Å². The first kappa shape index (κ1) is 15.2. The second kappa shape index (κ2) is 6.33. The van der Waals surface area contributed by atoms with Gasteiger partial charge in [0.05, 0.1) is 17.0 Å². The summed E-state index contributed by atoms with van der Waals surface area (Å²) >= 11 is 1.62. The molecule has 0 aliphatic heterocycles. The summed E-state index contributed by atoms with van der Waals surface area (Å²) in [5.41, 5.74) is 6.75. The fraction of sp³-hybridized carbons (Fsp3) is 0.750. The SMILES string of the molecule is CCCn1nc(C)c(N)c1NCC(C)(O)CSC. The molecule has 1 aromatic rings. The number of anilines is 2. The molecule has 0 saturated carbocycles. The fourth-order valence-electron chi connectivity index (χ4n) is 1.79. The predicted octanol–water partition coefficient (Wildman–Crippen LogP) is 1.71. The van der Waals surface area contributed by atoms with Gasteiger partial charge < -0.3 is 16.2 Å². The molecule has 0 saturated heterocycles. The third kappa shape index (κ3) is 3.81. The molecule has 1 heterocycles. The molecule has 0 spiro atoms. The third-order valence-corrected chi connectivity index (χ3v) is 3.61. The molecule has 0 aliphatic rings. The van der Waals surface area contributed by atoms with Gasteiger partial charge in [0.15, 0.2) is 0 Å². The van der Waals surface area contributed by atoms with E-state index in [0.29, 0.717) is 18.0 Å². The number of thioether (sulfide) groups is 1. The van der Waals surface area contributed by atoms with Crippen molar-refractivity contribution < 1.29 is 5.11 Å². The molecule has 4 N–H and O–H groups in total. The summed E-state index contributed by atoms with van der Waals surface area (Å²) in [6, 6.07) is 0. The quantitative estimate of drug-likeness (QED) is 0.704. The summed E-state index contributed by atoms with van der Waals surface area (Å²) < 4.78 is 1.87. The largest absolute Gasteiger partial charge is 0.394 e. The van der Waals surface area contributed by atoms with E-state index in [1.54, 1.807) is 11.8 Å². The first-order chi connectivity index (χ1) is 8.41. The van der Waals surface area contributed by atoms with Gasteiger partial charge in [0.1, 0.15) is 5.82 Å². The Morgan fingerprint density at radius 1 is 1.56 bits per heavy atom. The molecular weight excluding hydrogens is 248 g/mol. The van der Waals surface area contributed by atoms with E-state index in [1.165, 1.54) is 0 Å². The Hall–Kier alpha value is -0.880. The highest BCUT2D eigenvalue weighted by Gasteiger charge is 2.21. The van der Waals surface area contributed by atoms with Gasteiger partial charge in [-0.05, 0) is 26.5 Å². The molecule has 1 unspecified atom stereocenters. The number of aryl methyl sites for hydroxylation is 2. The van der Waals surface area contributed by atoms with E-state index in [0.717, 1.165) is 24.5 Å². The summed E-state index contributed by atoms with van der Waals surface area (Å²) in [4.78, 5) is 0. The number of nitrogen functional groups attached to an aromatic ring is 1. The lowest BCUT2D eigenvalue weighted by Crippen LogP contribution is -2.36. The van der Waals surface area contributed by atoms with Crippen molar-refractivity contribution >= 4 is 23.3 Å². The monoisotopic (exact) mass is 272 g/mol. The Kier molecular flexibility index (Phi) is 5.34. The highest BCUT2D eigenvalue weighted by atomic mass is 32.2. The van der Waals surface area contributed by atoms with E-state index < -0.39 is 5.60 Å². The molecule has 0 bridgehead atoms. The minimum atomic E-state index is -0.749. The molecule has 104 valence electrons. The lowest BCUT2D eigenvalue weighted by molar-refractivity contribution is 0.0995. The van der Waals surface area contributed by atoms with Crippen LogP contribution in [0.1, 0.15) is 26.0 Å². The first-order valence-corrected chi connectivity index (χ1v) is 7.58. The number of nitrogens with zero attached hydrogens (tertiary/aromatic N) is 2. The van der Waals surface area contributed by atoms with Gasteiger partial charge in [-0.25, -0.2) is 4.68 Å². The van der Waals surface area contributed by atoms with Crippen LogP contribution in [-0.2, 0) is 6.54 Å². The zero-order chi connectivity index (χ0) is 13.8. The van der Waals surface area contributed by atoms with Crippen LogP contribution in [0.2, 0.25) is 0 Å². The summed E-state index contributed by atoms with van der Waals surface area (Å²) in [5, 5.41) is 17.8. The van der Waals surface area contributed by atoms with Crippen LogP contribution in [0.5, 0.6) is 0 Å². The van der Waals surface area contributed by atoms with Crippen molar-refractivity contribution in [3.05, 3.63) is 5.69 Å². The number of rotatable bonds is 7. The van der Waals surface area contributed by atoms with Crippen LogP contribution >= 0.6 is 11.8 Å². The minimum Gasteiger partial charge on any atom is -0.394 e. The van der Waals surface area contributed by atoms with Crippen LogP contribution in [0, 0.1) is 6.92 Å². The maximum absolute atomic E-state index is 10.1. The van der Waals surface area contributed by atoms with Crippen LogP contribution in [-0.4, -0.2) is 39.0 Å². The zero-order valence-electron chi connectivity index (χ0n) is 11.7. The molecular formula is C12H24N4OS. The molecule has 1 aromatic heterocycles. The Balaban J connectivity index is 2.77. The first-order valence-electron chi connectivity index (χ1n) is 6.19. The van der Waals surface area contributed by atoms with E-state index in [4.69, 9.17) is 5.73 Å². The number of hydrogen-bond donors (Lipinski definition) is 3. The highest BCUT2D eigenvalue weighted by molar-refractivity contribution is 7.98. The van der Waals surface area contributed by atoms with Crippen molar-refractivity contribution in [2.24, 2.45) is 0 Å². The number of aliphatic hydroxyl groups is 1. The summed E-state index contributed by atoms with van der Waals surface area (Å²) in [6.45, 7) is 7.10. The van der Waals surface area contributed by atoms with Gasteiger partial charge >= 0.3 is 0 Å². The molecule has 0 aromatic carbocycles. The Morgan fingerprint density at radius 3 is 2.78 bits per heavy atom. The van der Waals surface area contributed by atoms with Gasteiger partial charge in [0, 0.05) is 18.8 Å². The maximum atomic E-state index is 10.1. The van der Waals surface area contributed by atoms with Crippen molar-refractivity contribution in [3.63, 3.8) is 0 Å². The molecule has 18 heavy (non-hydrogen) atoms. The molecule has 6 heteroatoms. The van der Waals surface area contributed by atoms with Gasteiger partial charge in [-0.2, -0.15) is 16.9 Å². The van der Waals surface area contributed by atoms with Crippen LogP contribution in [0.15, 0.2) is 0 Å². The number of hydrogen-bond acceptors (Lipinski definition) is 5. The van der Waals surface area contributed by atoms with Crippen LogP contribution < -0.4 is 11.1 Å². The van der Waals surface area contributed by atoms with Crippen molar-refractivity contribution in [1.29, 1.82) is 0 Å². The van der Waals surface area contributed by atoms with Gasteiger partial charge in [-0.15, -0.1) is 0 Å². The molecule has 0 amide bonds. The fourth-order valence-corrected chi connectivity index (χ4v) is 2.52. The minimum absolute atomic E-state index is 0.465. The molecule has 5 nitrogen and oxygen atoms in total. The summed E-state index contributed by atoms with van der Waals surface area (Å²) in [6.07, 6.45) is 2.98. The molecule has 1 rings (SSSR count). The third-order valence-electron chi connectivity index (χ3n) is 2.70. The number of nitrogens with one attached hydrogen (secondary N) is 1. The van der Waals surface area contributed by atoms with Crippen LogP contribution in [0.4, 0.5) is 11.5 Å².